The number of methoxy groups -OCH3 is 1. The molecule has 2 aromatic carbocycles. The van der Waals surface area contributed by atoms with Gasteiger partial charge in [-0.3, -0.25) is 4.79 Å². The molecule has 6 heteroatoms. The smallest absolute Gasteiger partial charge is 0.226 e. The van der Waals surface area contributed by atoms with Crippen LogP contribution in [-0.2, 0) is 4.79 Å². The van der Waals surface area contributed by atoms with E-state index in [0.717, 1.165) is 34.6 Å². The Kier molecular flexibility index (Phi) is 3.97. The summed E-state index contributed by atoms with van der Waals surface area (Å²) in [6, 6.07) is 17.8. The average molecular weight is 372 g/mol. The van der Waals surface area contributed by atoms with Crippen LogP contribution in [0.15, 0.2) is 72.2 Å². The molecular weight excluding hydrogens is 352 g/mol. The van der Waals surface area contributed by atoms with Gasteiger partial charge in [-0.15, -0.1) is 0 Å². The number of carbonyl (C=O) groups is 1. The first kappa shape index (κ1) is 16.7. The number of benzene rings is 2. The SMILES string of the molecule is COc1ccc([C@H]2CC(=O)C3=C(C2)Nc2ncnn2[C@H]3c2ccccc2)cc1. The lowest BCUT2D eigenvalue weighted by Crippen LogP contribution is -2.33. The topological polar surface area (TPSA) is 69.0 Å². The Morgan fingerprint density at radius 3 is 2.57 bits per heavy atom. The average Bonchev–Trinajstić information content (AvgIpc) is 3.21. The van der Waals surface area contributed by atoms with Gasteiger partial charge in [-0.05, 0) is 35.6 Å². The summed E-state index contributed by atoms with van der Waals surface area (Å²) in [5.41, 5.74) is 3.94. The molecule has 0 radical (unpaired) electrons. The first-order valence-electron chi connectivity index (χ1n) is 9.36. The molecule has 0 saturated heterocycles. The van der Waals surface area contributed by atoms with Gasteiger partial charge in [0.1, 0.15) is 18.1 Å². The van der Waals surface area contributed by atoms with E-state index < -0.39 is 0 Å². The molecule has 1 N–H and O–H groups in total. The summed E-state index contributed by atoms with van der Waals surface area (Å²) in [6.45, 7) is 0. The first-order valence-corrected chi connectivity index (χ1v) is 9.36. The van der Waals surface area contributed by atoms with Crippen molar-refractivity contribution in [3.05, 3.63) is 83.3 Å². The summed E-state index contributed by atoms with van der Waals surface area (Å²) >= 11 is 0. The second-order valence-electron chi connectivity index (χ2n) is 7.16. The van der Waals surface area contributed by atoms with Gasteiger partial charge < -0.3 is 10.1 Å². The van der Waals surface area contributed by atoms with E-state index in [-0.39, 0.29) is 17.7 Å². The first-order chi connectivity index (χ1) is 13.7. The van der Waals surface area contributed by atoms with Gasteiger partial charge in [0.05, 0.1) is 7.11 Å². The molecule has 140 valence electrons. The minimum Gasteiger partial charge on any atom is -0.497 e. The molecule has 5 rings (SSSR count). The molecule has 1 aliphatic carbocycles. The number of hydrogen-bond donors (Lipinski definition) is 1. The molecule has 2 heterocycles. The number of anilines is 1. The van der Waals surface area contributed by atoms with Crippen LogP contribution in [0.1, 0.15) is 35.9 Å². The minimum absolute atomic E-state index is 0.135. The summed E-state index contributed by atoms with van der Waals surface area (Å²) in [5.74, 6) is 1.79. The van der Waals surface area contributed by atoms with Crippen molar-refractivity contribution in [3.8, 4) is 5.75 Å². The van der Waals surface area contributed by atoms with E-state index in [1.54, 1.807) is 11.8 Å². The van der Waals surface area contributed by atoms with Crippen molar-refractivity contribution in [1.82, 2.24) is 14.8 Å². The quantitative estimate of drug-likeness (QED) is 0.759. The van der Waals surface area contributed by atoms with Crippen LogP contribution < -0.4 is 10.1 Å². The second kappa shape index (κ2) is 6.64. The maximum absolute atomic E-state index is 13.3. The van der Waals surface area contributed by atoms with Crippen LogP contribution in [0.2, 0.25) is 0 Å². The lowest BCUT2D eigenvalue weighted by atomic mass is 9.78. The number of Topliss-reactive ketones (excluding diaryl/α,β-unsaturated/α-hetero) is 1. The molecule has 1 aromatic heterocycles. The van der Waals surface area contributed by atoms with E-state index >= 15 is 0 Å². The molecule has 0 bridgehead atoms. The highest BCUT2D eigenvalue weighted by Gasteiger charge is 2.39. The molecule has 3 aromatic rings. The number of aromatic nitrogens is 3. The summed E-state index contributed by atoms with van der Waals surface area (Å²) in [5, 5.41) is 7.73. The number of allylic oxidation sites excluding steroid dienone is 2. The number of rotatable bonds is 3. The summed E-state index contributed by atoms with van der Waals surface area (Å²) in [6.07, 6.45) is 2.78. The highest BCUT2D eigenvalue weighted by atomic mass is 16.5. The van der Waals surface area contributed by atoms with Crippen LogP contribution in [0.3, 0.4) is 0 Å². The molecule has 2 atom stereocenters. The van der Waals surface area contributed by atoms with E-state index in [1.807, 2.05) is 54.6 Å². The molecule has 6 nitrogen and oxygen atoms in total. The number of nitrogens with zero attached hydrogens (tertiary/aromatic N) is 3. The van der Waals surface area contributed by atoms with Gasteiger partial charge in [0, 0.05) is 17.7 Å². The Bertz CT molecular complexity index is 1050. The summed E-state index contributed by atoms with van der Waals surface area (Å²) in [4.78, 5) is 17.6. The number of fused-ring (bicyclic) bond motifs is 1. The Balaban J connectivity index is 1.55. The third-order valence-electron chi connectivity index (χ3n) is 5.56. The van der Waals surface area contributed by atoms with Crippen LogP contribution in [0.5, 0.6) is 5.75 Å². The third-order valence-corrected chi connectivity index (χ3v) is 5.56. The Morgan fingerprint density at radius 2 is 1.82 bits per heavy atom. The second-order valence-corrected chi connectivity index (χ2v) is 7.16. The predicted molar refractivity (Wildman–Crippen MR) is 105 cm³/mol. The zero-order valence-corrected chi connectivity index (χ0v) is 15.5. The van der Waals surface area contributed by atoms with Gasteiger partial charge in [-0.25, -0.2) is 4.68 Å². The third kappa shape index (κ3) is 2.69. The van der Waals surface area contributed by atoms with Gasteiger partial charge in [0.2, 0.25) is 5.95 Å². The van der Waals surface area contributed by atoms with Crippen LogP contribution >= 0.6 is 0 Å². The number of hydrogen-bond acceptors (Lipinski definition) is 5. The monoisotopic (exact) mass is 372 g/mol. The van der Waals surface area contributed by atoms with Crippen molar-refractivity contribution in [2.75, 3.05) is 12.4 Å². The Labute approximate surface area is 162 Å². The molecule has 0 unspecified atom stereocenters. The summed E-state index contributed by atoms with van der Waals surface area (Å²) < 4.78 is 7.06. The molecule has 0 spiro atoms. The van der Waals surface area contributed by atoms with Crippen molar-refractivity contribution < 1.29 is 9.53 Å². The normalized spacial score (nSPS) is 21.0. The Hall–Kier alpha value is -3.41. The molecule has 1 aliphatic heterocycles. The molecule has 0 fully saturated rings. The van der Waals surface area contributed by atoms with Crippen LogP contribution in [0.4, 0.5) is 5.95 Å². The van der Waals surface area contributed by atoms with Gasteiger partial charge in [-0.1, -0.05) is 42.5 Å². The maximum atomic E-state index is 13.3. The van der Waals surface area contributed by atoms with Gasteiger partial charge in [-0.2, -0.15) is 10.1 Å². The fourth-order valence-electron chi connectivity index (χ4n) is 4.21. The number of nitrogens with one attached hydrogen (secondary N) is 1. The van der Waals surface area contributed by atoms with Crippen molar-refractivity contribution >= 4 is 11.7 Å². The van der Waals surface area contributed by atoms with E-state index in [2.05, 4.69) is 15.4 Å². The standard InChI is InChI=1S/C22H20N4O2/c1-28-17-9-7-14(8-10-17)16-11-18-20(19(27)12-16)21(15-5-3-2-4-6-15)26-22(25-18)23-13-24-26/h2-10,13,16,21H,11-12H2,1H3,(H,23,24,25)/t16-,21+/m1/s1. The molecule has 2 aliphatic rings. The fraction of sp³-hybridized carbons (Fsp3) is 0.227. The van der Waals surface area contributed by atoms with E-state index in [0.29, 0.717) is 12.4 Å². The lowest BCUT2D eigenvalue weighted by Gasteiger charge is -2.35. The van der Waals surface area contributed by atoms with Gasteiger partial charge in [0.15, 0.2) is 5.78 Å². The maximum Gasteiger partial charge on any atom is 0.226 e. The minimum atomic E-state index is -0.237. The van der Waals surface area contributed by atoms with E-state index in [4.69, 9.17) is 4.74 Å². The Morgan fingerprint density at radius 1 is 1.04 bits per heavy atom. The van der Waals surface area contributed by atoms with Crippen molar-refractivity contribution in [3.63, 3.8) is 0 Å². The van der Waals surface area contributed by atoms with Crippen LogP contribution in [0.25, 0.3) is 0 Å². The highest BCUT2D eigenvalue weighted by Crippen LogP contribution is 2.43. The molecular formula is C22H20N4O2. The number of carbonyl (C=O) groups excluding carboxylic acids is 1. The van der Waals surface area contributed by atoms with E-state index in [1.165, 1.54) is 6.33 Å². The van der Waals surface area contributed by atoms with Crippen molar-refractivity contribution in [2.45, 2.75) is 24.8 Å². The molecule has 0 saturated carbocycles. The lowest BCUT2D eigenvalue weighted by molar-refractivity contribution is -0.116. The van der Waals surface area contributed by atoms with Crippen molar-refractivity contribution in [1.29, 1.82) is 0 Å². The van der Waals surface area contributed by atoms with Crippen molar-refractivity contribution in [2.24, 2.45) is 0 Å². The van der Waals surface area contributed by atoms with Crippen LogP contribution in [0, 0.1) is 0 Å². The molecule has 28 heavy (non-hydrogen) atoms. The predicted octanol–water partition coefficient (Wildman–Crippen LogP) is 3.70. The highest BCUT2D eigenvalue weighted by molar-refractivity contribution is 6.00. The zero-order chi connectivity index (χ0) is 19.1. The largest absolute Gasteiger partial charge is 0.497 e. The number of ether oxygens (including phenoxy) is 1. The van der Waals surface area contributed by atoms with Gasteiger partial charge in [0.25, 0.3) is 0 Å². The number of ketones is 1. The zero-order valence-electron chi connectivity index (χ0n) is 15.5. The van der Waals surface area contributed by atoms with E-state index in [9.17, 15) is 4.79 Å². The van der Waals surface area contributed by atoms with Crippen LogP contribution in [-0.4, -0.2) is 27.7 Å². The molecule has 0 amide bonds. The van der Waals surface area contributed by atoms with Gasteiger partial charge >= 0.3 is 0 Å². The fourth-order valence-corrected chi connectivity index (χ4v) is 4.21. The summed E-state index contributed by atoms with van der Waals surface area (Å²) in [7, 11) is 1.65.